The molecule has 0 atom stereocenters. The van der Waals surface area contributed by atoms with E-state index in [0.717, 1.165) is 56.3 Å². The summed E-state index contributed by atoms with van der Waals surface area (Å²) in [6.07, 6.45) is 1.22. The van der Waals surface area contributed by atoms with E-state index in [1.54, 1.807) is 23.0 Å². The van der Waals surface area contributed by atoms with Gasteiger partial charge in [-0.3, -0.25) is 9.88 Å². The monoisotopic (exact) mass is 376 g/mol. The molecule has 0 radical (unpaired) electrons. The molecule has 4 heterocycles. The van der Waals surface area contributed by atoms with Crippen molar-refractivity contribution in [1.29, 1.82) is 0 Å². The maximum Gasteiger partial charge on any atom is 0.433 e. The number of nitrogens with zero attached hydrogens (tertiary/aromatic N) is 4. The van der Waals surface area contributed by atoms with E-state index in [1.807, 2.05) is 12.1 Å². The predicted octanol–water partition coefficient (Wildman–Crippen LogP) is 3.66. The number of hydrogen-bond donors (Lipinski definition) is 0. The zero-order chi connectivity index (χ0) is 18.9. The molecule has 4 rings (SSSR count). The summed E-state index contributed by atoms with van der Waals surface area (Å²) in [6, 6.07) is 6.48. The van der Waals surface area contributed by atoms with Crippen LogP contribution in [0.5, 0.6) is 0 Å². The Kier molecular flexibility index (Phi) is 4.84. The average Bonchev–Trinajstić information content (AvgIpc) is 2.89. The van der Waals surface area contributed by atoms with Crippen LogP contribution in [-0.2, 0) is 17.5 Å². The van der Waals surface area contributed by atoms with Gasteiger partial charge in [-0.2, -0.15) is 13.2 Å². The lowest BCUT2D eigenvalue weighted by atomic mass is 10.2. The Morgan fingerprint density at radius 1 is 1.07 bits per heavy atom. The van der Waals surface area contributed by atoms with Crippen LogP contribution in [0.3, 0.4) is 0 Å². The van der Waals surface area contributed by atoms with Crippen LogP contribution in [0, 0.1) is 0 Å². The van der Waals surface area contributed by atoms with Crippen LogP contribution in [0.4, 0.5) is 13.2 Å². The minimum Gasteiger partial charge on any atom is -0.380 e. The number of hydrogen-bond acceptors (Lipinski definition) is 4. The molecule has 0 unspecified atom stereocenters. The SMILES string of the molecule is FC(F)(F)c1cc(-n2ccc3cc(CN4CCCOCC4)cnc32)ccn1. The van der Waals surface area contributed by atoms with Crippen molar-refractivity contribution in [3.63, 3.8) is 0 Å². The molecule has 3 aromatic rings. The highest BCUT2D eigenvalue weighted by Crippen LogP contribution is 2.29. The van der Waals surface area contributed by atoms with Gasteiger partial charge >= 0.3 is 6.18 Å². The number of pyridine rings is 2. The summed E-state index contributed by atoms with van der Waals surface area (Å²) < 4.78 is 45.9. The van der Waals surface area contributed by atoms with E-state index in [9.17, 15) is 13.2 Å². The lowest BCUT2D eigenvalue weighted by Gasteiger charge is -2.18. The summed E-state index contributed by atoms with van der Waals surface area (Å²) in [6.45, 7) is 4.18. The van der Waals surface area contributed by atoms with Crippen LogP contribution in [0.25, 0.3) is 16.7 Å². The van der Waals surface area contributed by atoms with E-state index in [0.29, 0.717) is 11.3 Å². The third kappa shape index (κ3) is 3.96. The maximum atomic E-state index is 12.9. The van der Waals surface area contributed by atoms with Crippen LogP contribution >= 0.6 is 0 Å². The molecular formula is C19H19F3N4O. The molecule has 1 fully saturated rings. The van der Waals surface area contributed by atoms with Gasteiger partial charge in [-0.15, -0.1) is 0 Å². The minimum atomic E-state index is -4.48. The molecule has 0 aromatic carbocycles. The second kappa shape index (κ2) is 7.28. The Morgan fingerprint density at radius 2 is 1.96 bits per heavy atom. The molecule has 1 aliphatic rings. The Labute approximate surface area is 154 Å². The maximum absolute atomic E-state index is 12.9. The summed E-state index contributed by atoms with van der Waals surface area (Å²) >= 11 is 0. The van der Waals surface area contributed by atoms with Gasteiger partial charge < -0.3 is 9.30 Å². The second-order valence-corrected chi connectivity index (χ2v) is 6.58. The van der Waals surface area contributed by atoms with Crippen molar-refractivity contribution in [2.24, 2.45) is 0 Å². The van der Waals surface area contributed by atoms with Crippen molar-refractivity contribution in [2.75, 3.05) is 26.3 Å². The molecule has 3 aromatic heterocycles. The molecular weight excluding hydrogens is 357 g/mol. The first-order chi connectivity index (χ1) is 13.0. The van der Waals surface area contributed by atoms with Gasteiger partial charge in [-0.05, 0) is 36.2 Å². The molecule has 8 heteroatoms. The molecule has 27 heavy (non-hydrogen) atoms. The topological polar surface area (TPSA) is 43.2 Å². The summed E-state index contributed by atoms with van der Waals surface area (Å²) in [5.41, 5.74) is 1.17. The zero-order valence-corrected chi connectivity index (χ0v) is 14.6. The van der Waals surface area contributed by atoms with E-state index in [-0.39, 0.29) is 0 Å². The smallest absolute Gasteiger partial charge is 0.380 e. The summed E-state index contributed by atoms with van der Waals surface area (Å²) in [5.74, 6) is 0. The largest absolute Gasteiger partial charge is 0.433 e. The van der Waals surface area contributed by atoms with Gasteiger partial charge in [-0.1, -0.05) is 0 Å². The molecule has 5 nitrogen and oxygen atoms in total. The summed E-state index contributed by atoms with van der Waals surface area (Å²) in [5, 5.41) is 0.893. The van der Waals surface area contributed by atoms with Crippen molar-refractivity contribution in [3.05, 3.63) is 54.1 Å². The second-order valence-electron chi connectivity index (χ2n) is 6.58. The van der Waals surface area contributed by atoms with Crippen molar-refractivity contribution in [3.8, 4) is 5.69 Å². The molecule has 142 valence electrons. The molecule has 0 amide bonds. The molecule has 1 saturated heterocycles. The van der Waals surface area contributed by atoms with Crippen molar-refractivity contribution >= 4 is 11.0 Å². The fraction of sp³-hybridized carbons (Fsp3) is 0.368. The zero-order valence-electron chi connectivity index (χ0n) is 14.6. The Balaban J connectivity index is 1.61. The van der Waals surface area contributed by atoms with E-state index < -0.39 is 11.9 Å². The standard InChI is InChI=1S/C19H19F3N4O/c20-19(21,22)17-11-16(2-4-23-17)26-6-3-15-10-14(12-24-18(15)26)13-25-5-1-8-27-9-7-25/h2-4,6,10-12H,1,5,7-9,13H2. The quantitative estimate of drug-likeness (QED) is 0.700. The molecule has 0 bridgehead atoms. The Bertz CT molecular complexity index is 930. The van der Waals surface area contributed by atoms with E-state index in [2.05, 4.69) is 14.9 Å². The first-order valence-corrected chi connectivity index (χ1v) is 8.80. The number of ether oxygens (including phenoxy) is 1. The van der Waals surface area contributed by atoms with Gasteiger partial charge in [0.1, 0.15) is 11.3 Å². The van der Waals surface area contributed by atoms with Gasteiger partial charge in [0.25, 0.3) is 0 Å². The summed E-state index contributed by atoms with van der Waals surface area (Å²) in [7, 11) is 0. The minimum absolute atomic E-state index is 0.386. The normalized spacial score (nSPS) is 16.6. The van der Waals surface area contributed by atoms with Crippen LogP contribution in [-0.4, -0.2) is 45.7 Å². The van der Waals surface area contributed by atoms with Crippen molar-refractivity contribution in [1.82, 2.24) is 19.4 Å². The number of fused-ring (bicyclic) bond motifs is 1. The van der Waals surface area contributed by atoms with Crippen LogP contribution in [0.15, 0.2) is 42.9 Å². The third-order valence-corrected chi connectivity index (χ3v) is 4.62. The molecule has 0 spiro atoms. The molecule has 0 aliphatic carbocycles. The van der Waals surface area contributed by atoms with Crippen LogP contribution in [0.2, 0.25) is 0 Å². The third-order valence-electron chi connectivity index (χ3n) is 4.62. The fourth-order valence-corrected chi connectivity index (χ4v) is 3.30. The van der Waals surface area contributed by atoms with Crippen molar-refractivity contribution in [2.45, 2.75) is 19.1 Å². The molecule has 0 saturated carbocycles. The lowest BCUT2D eigenvalue weighted by molar-refractivity contribution is -0.141. The van der Waals surface area contributed by atoms with Gasteiger partial charge in [0.05, 0.1) is 12.3 Å². The number of aromatic nitrogens is 3. The van der Waals surface area contributed by atoms with Gasteiger partial charge in [0, 0.05) is 50.2 Å². The van der Waals surface area contributed by atoms with E-state index in [1.165, 1.54) is 6.20 Å². The summed E-state index contributed by atoms with van der Waals surface area (Å²) in [4.78, 5) is 10.2. The Morgan fingerprint density at radius 3 is 2.81 bits per heavy atom. The highest BCUT2D eigenvalue weighted by atomic mass is 19.4. The molecule has 0 N–H and O–H groups in total. The first-order valence-electron chi connectivity index (χ1n) is 8.80. The van der Waals surface area contributed by atoms with Gasteiger partial charge in [0.15, 0.2) is 0 Å². The highest BCUT2D eigenvalue weighted by molar-refractivity contribution is 5.78. The van der Waals surface area contributed by atoms with Gasteiger partial charge in [0.2, 0.25) is 0 Å². The van der Waals surface area contributed by atoms with Crippen LogP contribution in [0.1, 0.15) is 17.7 Å². The molecule has 1 aliphatic heterocycles. The van der Waals surface area contributed by atoms with Crippen molar-refractivity contribution < 1.29 is 17.9 Å². The number of rotatable bonds is 3. The fourth-order valence-electron chi connectivity index (χ4n) is 3.30. The number of alkyl halides is 3. The Hall–Kier alpha value is -2.45. The lowest BCUT2D eigenvalue weighted by Crippen LogP contribution is -2.25. The first kappa shape index (κ1) is 17.9. The number of halogens is 3. The van der Waals surface area contributed by atoms with Gasteiger partial charge in [-0.25, -0.2) is 4.98 Å². The van der Waals surface area contributed by atoms with E-state index >= 15 is 0 Å². The highest BCUT2D eigenvalue weighted by Gasteiger charge is 2.32. The average molecular weight is 376 g/mol. The van der Waals surface area contributed by atoms with Crippen LogP contribution < -0.4 is 0 Å². The predicted molar refractivity (Wildman–Crippen MR) is 94.6 cm³/mol. The van der Waals surface area contributed by atoms with E-state index in [4.69, 9.17) is 4.74 Å².